The molecule has 69 valence electrons. The average Bonchev–Trinajstić information content (AvgIpc) is 2.20. The second-order valence-corrected chi connectivity index (χ2v) is 3.37. The Morgan fingerprint density at radius 3 is 2.92 bits per heavy atom. The maximum Gasteiger partial charge on any atom is 0.111 e. The summed E-state index contributed by atoms with van der Waals surface area (Å²) in [6.45, 7) is 4.02. The van der Waals surface area contributed by atoms with Gasteiger partial charge in [0, 0.05) is 32.4 Å². The minimum absolute atomic E-state index is 0.615. The molecule has 0 amide bonds. The summed E-state index contributed by atoms with van der Waals surface area (Å²) in [5, 5.41) is 3.91. The lowest BCUT2D eigenvalue weighted by molar-refractivity contribution is 0.589. The van der Waals surface area contributed by atoms with Gasteiger partial charge in [0.05, 0.1) is 10.7 Å². The molecular formula is C9H11ClN3. The average molecular weight is 197 g/mol. The van der Waals surface area contributed by atoms with E-state index in [2.05, 4.69) is 21.4 Å². The van der Waals surface area contributed by atoms with Crippen molar-refractivity contribution in [2.45, 2.75) is 0 Å². The Bertz CT molecular complexity index is 284. The molecule has 1 N–H and O–H groups in total. The summed E-state index contributed by atoms with van der Waals surface area (Å²) < 4.78 is 0. The van der Waals surface area contributed by atoms with Crippen molar-refractivity contribution >= 4 is 17.3 Å². The van der Waals surface area contributed by atoms with Crippen molar-refractivity contribution in [3.63, 3.8) is 0 Å². The zero-order valence-corrected chi connectivity index (χ0v) is 8.01. The number of halogens is 1. The fraction of sp³-hybridized carbons (Fsp3) is 0.444. The third kappa shape index (κ3) is 1.92. The molecule has 3 nitrogen and oxygen atoms in total. The molecule has 0 aliphatic carbocycles. The minimum atomic E-state index is 0.615. The molecule has 2 rings (SSSR count). The number of hydrogen-bond donors (Lipinski definition) is 1. The lowest BCUT2D eigenvalue weighted by atomic mass is 10.3. The third-order valence-corrected chi connectivity index (χ3v) is 2.43. The maximum atomic E-state index is 5.98. The summed E-state index contributed by atoms with van der Waals surface area (Å²) in [6, 6.07) is 1.93. The van der Waals surface area contributed by atoms with Crippen LogP contribution in [0.3, 0.4) is 0 Å². The van der Waals surface area contributed by atoms with Crippen molar-refractivity contribution in [2.24, 2.45) is 0 Å². The standard InChI is InChI=1S/C9H11ClN3/c10-8-7-12-2-1-9(8)13-5-3-11-4-6-13/h1-2,11H,3-6H2. The molecule has 1 aromatic rings. The number of aromatic nitrogens is 1. The second-order valence-electron chi connectivity index (χ2n) is 2.99. The molecule has 1 aliphatic rings. The van der Waals surface area contributed by atoms with Gasteiger partial charge in [0.1, 0.15) is 6.20 Å². The summed E-state index contributed by atoms with van der Waals surface area (Å²) in [5.74, 6) is 0. The molecule has 0 atom stereocenters. The van der Waals surface area contributed by atoms with Crippen LogP contribution in [0.15, 0.2) is 12.3 Å². The topological polar surface area (TPSA) is 28.2 Å². The lowest BCUT2D eigenvalue weighted by Crippen LogP contribution is -2.43. The first-order chi connectivity index (χ1) is 6.38. The van der Waals surface area contributed by atoms with Gasteiger partial charge in [-0.1, -0.05) is 11.6 Å². The van der Waals surface area contributed by atoms with Crippen LogP contribution in [0, 0.1) is 6.20 Å². The Kier molecular flexibility index (Phi) is 2.66. The number of pyridine rings is 1. The van der Waals surface area contributed by atoms with Crippen LogP contribution in [0.1, 0.15) is 0 Å². The van der Waals surface area contributed by atoms with E-state index in [0.717, 1.165) is 31.9 Å². The van der Waals surface area contributed by atoms with Crippen LogP contribution in [-0.2, 0) is 0 Å². The SMILES string of the molecule is Clc1[c]nccc1N1CCNCC1. The smallest absolute Gasteiger partial charge is 0.111 e. The predicted molar refractivity (Wildman–Crippen MR) is 53.2 cm³/mol. The Morgan fingerprint density at radius 1 is 1.46 bits per heavy atom. The number of anilines is 1. The molecule has 0 saturated carbocycles. The number of nitrogens with one attached hydrogen (secondary N) is 1. The number of rotatable bonds is 1. The van der Waals surface area contributed by atoms with E-state index in [1.165, 1.54) is 0 Å². The highest BCUT2D eigenvalue weighted by molar-refractivity contribution is 6.32. The zero-order chi connectivity index (χ0) is 9.10. The molecule has 1 fully saturated rings. The summed E-state index contributed by atoms with van der Waals surface area (Å²) in [7, 11) is 0. The molecule has 4 heteroatoms. The highest BCUT2D eigenvalue weighted by Gasteiger charge is 2.12. The van der Waals surface area contributed by atoms with Gasteiger partial charge in [-0.2, -0.15) is 0 Å². The molecule has 0 spiro atoms. The van der Waals surface area contributed by atoms with E-state index in [1.54, 1.807) is 6.20 Å². The van der Waals surface area contributed by atoms with Crippen LogP contribution >= 0.6 is 11.6 Å². The molecule has 1 aromatic heterocycles. The van der Waals surface area contributed by atoms with Gasteiger partial charge in [-0.25, -0.2) is 0 Å². The number of nitrogens with zero attached hydrogens (tertiary/aromatic N) is 2. The highest BCUT2D eigenvalue weighted by atomic mass is 35.5. The van der Waals surface area contributed by atoms with E-state index in [-0.39, 0.29) is 0 Å². The van der Waals surface area contributed by atoms with Crippen LogP contribution in [0.5, 0.6) is 0 Å². The first-order valence-electron chi connectivity index (χ1n) is 4.36. The van der Waals surface area contributed by atoms with Gasteiger partial charge in [-0.3, -0.25) is 4.98 Å². The van der Waals surface area contributed by atoms with Crippen molar-refractivity contribution in [1.82, 2.24) is 10.3 Å². The molecule has 13 heavy (non-hydrogen) atoms. The van der Waals surface area contributed by atoms with Gasteiger partial charge in [0.15, 0.2) is 0 Å². The summed E-state index contributed by atoms with van der Waals surface area (Å²) in [6.07, 6.45) is 4.48. The van der Waals surface area contributed by atoms with Crippen molar-refractivity contribution in [2.75, 3.05) is 31.1 Å². The van der Waals surface area contributed by atoms with Gasteiger partial charge in [-0.05, 0) is 6.07 Å². The monoisotopic (exact) mass is 196 g/mol. The molecule has 1 radical (unpaired) electrons. The Labute approximate surface area is 82.7 Å². The number of piperazine rings is 1. The maximum absolute atomic E-state index is 5.98. The van der Waals surface area contributed by atoms with Gasteiger partial charge in [0.25, 0.3) is 0 Å². The Hall–Kier alpha value is -0.800. The van der Waals surface area contributed by atoms with Crippen molar-refractivity contribution in [3.8, 4) is 0 Å². The lowest BCUT2D eigenvalue weighted by Gasteiger charge is -2.29. The van der Waals surface area contributed by atoms with Gasteiger partial charge < -0.3 is 10.2 Å². The zero-order valence-electron chi connectivity index (χ0n) is 7.26. The van der Waals surface area contributed by atoms with E-state index >= 15 is 0 Å². The van der Waals surface area contributed by atoms with E-state index in [4.69, 9.17) is 11.6 Å². The first kappa shape index (κ1) is 8.78. The normalized spacial score (nSPS) is 17.5. The Morgan fingerprint density at radius 2 is 2.23 bits per heavy atom. The molecule has 0 aromatic carbocycles. The summed E-state index contributed by atoms with van der Waals surface area (Å²) in [5.41, 5.74) is 1.04. The van der Waals surface area contributed by atoms with Gasteiger partial charge in [-0.15, -0.1) is 0 Å². The largest absolute Gasteiger partial charge is 0.368 e. The second kappa shape index (κ2) is 3.94. The molecule has 1 aliphatic heterocycles. The quantitative estimate of drug-likeness (QED) is 0.725. The van der Waals surface area contributed by atoms with Gasteiger partial charge >= 0.3 is 0 Å². The molecule has 2 heterocycles. The summed E-state index contributed by atoms with van der Waals surface area (Å²) >= 11 is 5.98. The molecule has 0 bridgehead atoms. The molecular weight excluding hydrogens is 186 g/mol. The van der Waals surface area contributed by atoms with Crippen LogP contribution < -0.4 is 10.2 Å². The van der Waals surface area contributed by atoms with E-state index in [9.17, 15) is 0 Å². The fourth-order valence-electron chi connectivity index (χ4n) is 1.48. The van der Waals surface area contributed by atoms with Crippen LogP contribution in [-0.4, -0.2) is 31.2 Å². The van der Waals surface area contributed by atoms with Crippen molar-refractivity contribution in [1.29, 1.82) is 0 Å². The highest BCUT2D eigenvalue weighted by Crippen LogP contribution is 2.23. The van der Waals surface area contributed by atoms with Crippen LogP contribution in [0.4, 0.5) is 5.69 Å². The fourth-order valence-corrected chi connectivity index (χ4v) is 1.71. The van der Waals surface area contributed by atoms with Crippen LogP contribution in [0.2, 0.25) is 5.02 Å². The van der Waals surface area contributed by atoms with Gasteiger partial charge in [0.2, 0.25) is 0 Å². The minimum Gasteiger partial charge on any atom is -0.368 e. The van der Waals surface area contributed by atoms with Crippen molar-refractivity contribution in [3.05, 3.63) is 23.5 Å². The third-order valence-electron chi connectivity index (χ3n) is 2.15. The molecule has 1 saturated heterocycles. The van der Waals surface area contributed by atoms with E-state index in [1.807, 2.05) is 6.07 Å². The first-order valence-corrected chi connectivity index (χ1v) is 4.73. The number of hydrogen-bond acceptors (Lipinski definition) is 3. The van der Waals surface area contributed by atoms with E-state index < -0.39 is 0 Å². The summed E-state index contributed by atoms with van der Waals surface area (Å²) in [4.78, 5) is 6.09. The van der Waals surface area contributed by atoms with Crippen LogP contribution in [0.25, 0.3) is 0 Å². The van der Waals surface area contributed by atoms with E-state index in [0.29, 0.717) is 5.02 Å². The molecule has 0 unspecified atom stereocenters. The Balaban J connectivity index is 2.18. The predicted octanol–water partition coefficient (Wildman–Crippen LogP) is 0.945. The van der Waals surface area contributed by atoms with Crippen molar-refractivity contribution < 1.29 is 0 Å².